The maximum Gasteiger partial charge on any atom is 0.326 e. The van der Waals surface area contributed by atoms with E-state index in [2.05, 4.69) is 5.32 Å². The van der Waals surface area contributed by atoms with E-state index in [1.807, 2.05) is 30.3 Å². The van der Waals surface area contributed by atoms with Gasteiger partial charge in [-0.2, -0.15) is 0 Å². The molecule has 0 aliphatic carbocycles. The molecule has 1 amide bonds. The molecule has 8 nitrogen and oxygen atoms in total. The fraction of sp³-hybridized carbons (Fsp3) is 0.625. The van der Waals surface area contributed by atoms with Crippen LogP contribution in [-0.2, 0) is 30.3 Å². The summed E-state index contributed by atoms with van der Waals surface area (Å²) in [5.41, 5.74) is 0.938. The summed E-state index contributed by atoms with van der Waals surface area (Å²) in [5, 5.41) is 12.9. The molecule has 2 N–H and O–H groups in total. The van der Waals surface area contributed by atoms with Gasteiger partial charge in [0.15, 0.2) is 0 Å². The Morgan fingerprint density at radius 1 is 1.28 bits per heavy atom. The second-order valence-electron chi connectivity index (χ2n) is 8.86. The number of ether oxygens (including phenoxy) is 2. The first kappa shape index (κ1) is 24.2. The first-order valence-corrected chi connectivity index (χ1v) is 11.4. The minimum absolute atomic E-state index is 0.153. The summed E-state index contributed by atoms with van der Waals surface area (Å²) in [6.07, 6.45) is 3.09. The van der Waals surface area contributed by atoms with Gasteiger partial charge in [-0.1, -0.05) is 30.3 Å². The van der Waals surface area contributed by atoms with Crippen molar-refractivity contribution in [1.82, 2.24) is 10.2 Å². The van der Waals surface area contributed by atoms with Crippen LogP contribution in [0.2, 0.25) is 0 Å². The molecular formula is C24H34N2O6. The average molecular weight is 447 g/mol. The molecule has 176 valence electrons. The fourth-order valence-electron chi connectivity index (χ4n) is 4.72. The molecular weight excluding hydrogens is 412 g/mol. The SMILES string of the molecule is CCOC(=O)C(CCc1ccccc1)N[C@@H](C)C(=O)N1CCC2(CCOC2)CC1C(=O)O. The Labute approximate surface area is 189 Å². The molecule has 1 spiro atoms. The van der Waals surface area contributed by atoms with Crippen molar-refractivity contribution in [2.45, 2.75) is 64.1 Å². The van der Waals surface area contributed by atoms with E-state index in [1.54, 1.807) is 13.8 Å². The zero-order valence-electron chi connectivity index (χ0n) is 18.9. The molecule has 1 aromatic rings. The lowest BCUT2D eigenvalue weighted by atomic mass is 9.74. The smallest absolute Gasteiger partial charge is 0.326 e. The van der Waals surface area contributed by atoms with E-state index >= 15 is 0 Å². The number of aliphatic carboxylic acids is 1. The first-order valence-electron chi connectivity index (χ1n) is 11.4. The molecule has 2 aliphatic heterocycles. The highest BCUT2D eigenvalue weighted by atomic mass is 16.5. The van der Waals surface area contributed by atoms with Crippen LogP contribution in [0.1, 0.15) is 45.1 Å². The van der Waals surface area contributed by atoms with E-state index in [0.717, 1.165) is 18.4 Å². The predicted molar refractivity (Wildman–Crippen MR) is 118 cm³/mol. The lowest BCUT2D eigenvalue weighted by Crippen LogP contribution is -2.59. The molecule has 2 saturated heterocycles. The number of carbonyl (C=O) groups is 3. The van der Waals surface area contributed by atoms with Crippen molar-refractivity contribution >= 4 is 17.8 Å². The Balaban J connectivity index is 1.65. The predicted octanol–water partition coefficient (Wildman–Crippen LogP) is 2.01. The molecule has 4 atom stereocenters. The van der Waals surface area contributed by atoms with Gasteiger partial charge in [-0.3, -0.25) is 14.9 Å². The normalized spacial score (nSPS) is 24.8. The third-order valence-electron chi connectivity index (χ3n) is 6.60. The fourth-order valence-corrected chi connectivity index (χ4v) is 4.72. The van der Waals surface area contributed by atoms with Gasteiger partial charge in [0.1, 0.15) is 12.1 Å². The quantitative estimate of drug-likeness (QED) is 0.559. The van der Waals surface area contributed by atoms with Gasteiger partial charge in [-0.15, -0.1) is 0 Å². The Kier molecular flexibility index (Phi) is 8.26. The van der Waals surface area contributed by atoms with Gasteiger partial charge in [0.2, 0.25) is 5.91 Å². The highest BCUT2D eigenvalue weighted by Crippen LogP contribution is 2.41. The van der Waals surface area contributed by atoms with Crippen molar-refractivity contribution in [2.75, 3.05) is 26.4 Å². The number of aryl methyl sites for hydroxylation is 1. The van der Waals surface area contributed by atoms with Crippen LogP contribution in [0.5, 0.6) is 0 Å². The standard InChI is InChI=1S/C24H34N2O6/c1-3-32-23(30)19(10-9-18-7-5-4-6-8-18)25-17(2)21(27)26-13-11-24(12-14-31-16-24)15-20(26)22(28)29/h4-8,17,19-20,25H,3,9-16H2,1-2H3,(H,28,29)/t17-,19?,20?,24?/m0/s1. The van der Waals surface area contributed by atoms with E-state index in [0.29, 0.717) is 39.0 Å². The third-order valence-corrected chi connectivity index (χ3v) is 6.60. The molecule has 0 radical (unpaired) electrons. The number of piperidine rings is 1. The number of carbonyl (C=O) groups excluding carboxylic acids is 2. The van der Waals surface area contributed by atoms with Crippen LogP contribution in [0.15, 0.2) is 30.3 Å². The number of nitrogens with one attached hydrogen (secondary N) is 1. The van der Waals surface area contributed by atoms with Crippen LogP contribution in [0.3, 0.4) is 0 Å². The Bertz CT molecular complexity index is 793. The summed E-state index contributed by atoms with van der Waals surface area (Å²) in [7, 11) is 0. The molecule has 0 aromatic heterocycles. The summed E-state index contributed by atoms with van der Waals surface area (Å²) < 4.78 is 10.7. The van der Waals surface area contributed by atoms with Crippen LogP contribution in [-0.4, -0.2) is 72.3 Å². The monoisotopic (exact) mass is 446 g/mol. The number of amides is 1. The lowest BCUT2D eigenvalue weighted by molar-refractivity contribution is -0.156. The summed E-state index contributed by atoms with van der Waals surface area (Å²) in [4.78, 5) is 39.2. The van der Waals surface area contributed by atoms with Crippen molar-refractivity contribution in [3.05, 3.63) is 35.9 Å². The number of carboxylic acids is 1. The molecule has 2 aliphatic rings. The van der Waals surface area contributed by atoms with Crippen molar-refractivity contribution < 1.29 is 29.0 Å². The third kappa shape index (κ3) is 5.86. The lowest BCUT2D eigenvalue weighted by Gasteiger charge is -2.43. The molecule has 3 unspecified atom stereocenters. The Morgan fingerprint density at radius 3 is 2.66 bits per heavy atom. The largest absolute Gasteiger partial charge is 0.480 e. The average Bonchev–Trinajstić information content (AvgIpc) is 3.24. The maximum atomic E-state index is 13.2. The van der Waals surface area contributed by atoms with Crippen molar-refractivity contribution in [3.8, 4) is 0 Å². The van der Waals surface area contributed by atoms with E-state index in [1.165, 1.54) is 4.90 Å². The number of nitrogens with zero attached hydrogens (tertiary/aromatic N) is 1. The van der Waals surface area contributed by atoms with Gasteiger partial charge in [0.05, 0.1) is 19.3 Å². The van der Waals surface area contributed by atoms with Crippen molar-refractivity contribution in [2.24, 2.45) is 5.41 Å². The van der Waals surface area contributed by atoms with Crippen LogP contribution in [0.4, 0.5) is 0 Å². The van der Waals surface area contributed by atoms with Gasteiger partial charge in [-0.25, -0.2) is 4.79 Å². The number of hydrogen-bond acceptors (Lipinski definition) is 6. The molecule has 2 heterocycles. The highest BCUT2D eigenvalue weighted by Gasteiger charge is 2.47. The molecule has 0 saturated carbocycles. The van der Waals surface area contributed by atoms with Gasteiger partial charge >= 0.3 is 11.9 Å². The van der Waals surface area contributed by atoms with Crippen LogP contribution in [0, 0.1) is 5.41 Å². The van der Waals surface area contributed by atoms with Gasteiger partial charge in [-0.05, 0) is 51.5 Å². The second kappa shape index (κ2) is 10.9. The Morgan fingerprint density at radius 2 is 2.03 bits per heavy atom. The van der Waals surface area contributed by atoms with E-state index in [4.69, 9.17) is 9.47 Å². The van der Waals surface area contributed by atoms with Crippen LogP contribution < -0.4 is 5.32 Å². The van der Waals surface area contributed by atoms with E-state index in [9.17, 15) is 19.5 Å². The van der Waals surface area contributed by atoms with E-state index < -0.39 is 30.1 Å². The molecule has 8 heteroatoms. The summed E-state index contributed by atoms with van der Waals surface area (Å²) in [5.74, 6) is -1.71. The van der Waals surface area contributed by atoms with Crippen LogP contribution in [0.25, 0.3) is 0 Å². The van der Waals surface area contributed by atoms with E-state index in [-0.39, 0.29) is 17.9 Å². The second-order valence-corrected chi connectivity index (χ2v) is 8.86. The zero-order chi connectivity index (χ0) is 23.1. The maximum absolute atomic E-state index is 13.2. The van der Waals surface area contributed by atoms with Gasteiger partial charge in [0, 0.05) is 18.6 Å². The number of likely N-dealkylation sites (tertiary alicyclic amines) is 1. The molecule has 3 rings (SSSR count). The molecule has 1 aromatic carbocycles. The summed E-state index contributed by atoms with van der Waals surface area (Å²) in [6, 6.07) is 7.55. The zero-order valence-corrected chi connectivity index (χ0v) is 18.9. The summed E-state index contributed by atoms with van der Waals surface area (Å²) >= 11 is 0. The first-order chi connectivity index (χ1) is 15.3. The number of esters is 1. The molecule has 2 fully saturated rings. The number of carboxylic acid groups (broad SMARTS) is 1. The number of hydrogen-bond donors (Lipinski definition) is 2. The van der Waals surface area contributed by atoms with Gasteiger partial charge in [0.25, 0.3) is 0 Å². The van der Waals surface area contributed by atoms with Crippen molar-refractivity contribution in [1.29, 1.82) is 0 Å². The summed E-state index contributed by atoms with van der Waals surface area (Å²) in [6.45, 7) is 5.24. The minimum atomic E-state index is -0.998. The number of rotatable bonds is 9. The Hall–Kier alpha value is -2.45. The highest BCUT2D eigenvalue weighted by molar-refractivity contribution is 5.88. The van der Waals surface area contributed by atoms with Crippen molar-refractivity contribution in [3.63, 3.8) is 0 Å². The van der Waals surface area contributed by atoms with Crippen LogP contribution >= 0.6 is 0 Å². The topological polar surface area (TPSA) is 105 Å². The minimum Gasteiger partial charge on any atom is -0.480 e. The molecule has 0 bridgehead atoms. The molecule has 32 heavy (non-hydrogen) atoms. The number of benzene rings is 1. The van der Waals surface area contributed by atoms with Gasteiger partial charge < -0.3 is 19.5 Å².